The first-order valence-electron chi connectivity index (χ1n) is 7.81. The fourth-order valence-corrected chi connectivity index (χ4v) is 2.87. The van der Waals surface area contributed by atoms with Crippen LogP contribution in [0.25, 0.3) is 0 Å². The van der Waals surface area contributed by atoms with E-state index in [1.54, 1.807) is 11.9 Å². The van der Waals surface area contributed by atoms with E-state index in [-0.39, 0.29) is 18.0 Å². The third-order valence-electron chi connectivity index (χ3n) is 4.27. The maximum absolute atomic E-state index is 12.2. The second-order valence-electron chi connectivity index (χ2n) is 5.95. The summed E-state index contributed by atoms with van der Waals surface area (Å²) in [5.41, 5.74) is 0. The van der Waals surface area contributed by atoms with Crippen molar-refractivity contribution in [1.29, 1.82) is 0 Å². The number of carbonyl (C=O) groups is 2. The molecular formula is C15H26N2O3. The highest BCUT2D eigenvalue weighted by molar-refractivity contribution is 6.03. The summed E-state index contributed by atoms with van der Waals surface area (Å²) in [5.74, 6) is 0.367. The van der Waals surface area contributed by atoms with Gasteiger partial charge in [-0.15, -0.1) is 0 Å². The van der Waals surface area contributed by atoms with Crippen molar-refractivity contribution >= 4 is 11.9 Å². The number of nitrogens with zero attached hydrogens (tertiary/aromatic N) is 2. The predicted octanol–water partition coefficient (Wildman–Crippen LogP) is 2.26. The molecule has 0 radical (unpaired) electrons. The first kappa shape index (κ1) is 15.3. The van der Waals surface area contributed by atoms with Crippen LogP contribution in [0.1, 0.15) is 45.4 Å². The Balaban J connectivity index is 1.85. The summed E-state index contributed by atoms with van der Waals surface area (Å²) in [6.45, 7) is 4.28. The molecule has 3 amide bonds. The lowest BCUT2D eigenvalue weighted by Gasteiger charge is -2.32. The van der Waals surface area contributed by atoms with Crippen LogP contribution in [0, 0.1) is 5.92 Å². The van der Waals surface area contributed by atoms with Gasteiger partial charge in [0.25, 0.3) is 5.91 Å². The zero-order chi connectivity index (χ0) is 14.5. The van der Waals surface area contributed by atoms with Gasteiger partial charge in [-0.1, -0.05) is 39.0 Å². The molecule has 2 heterocycles. The summed E-state index contributed by atoms with van der Waals surface area (Å²) in [4.78, 5) is 27.3. The van der Waals surface area contributed by atoms with Gasteiger partial charge in [-0.2, -0.15) is 0 Å². The van der Waals surface area contributed by atoms with Crippen LogP contribution < -0.4 is 0 Å². The van der Waals surface area contributed by atoms with Gasteiger partial charge in [0.2, 0.25) is 0 Å². The van der Waals surface area contributed by atoms with Gasteiger partial charge in [0.05, 0.1) is 13.2 Å². The van der Waals surface area contributed by atoms with Crippen molar-refractivity contribution < 1.29 is 14.3 Å². The minimum absolute atomic E-state index is 0.0364. The van der Waals surface area contributed by atoms with Crippen molar-refractivity contribution in [3.8, 4) is 0 Å². The smallest absolute Gasteiger partial charge is 0.327 e. The summed E-state index contributed by atoms with van der Waals surface area (Å²) in [6.07, 6.45) is 6.66. The third kappa shape index (κ3) is 3.32. The van der Waals surface area contributed by atoms with E-state index < -0.39 is 0 Å². The summed E-state index contributed by atoms with van der Waals surface area (Å²) in [6, 6.07) is -0.379. The standard InChI is InChI=1S/C15H26N2O3/c1-3-4-5-6-7-8-13-14(18)16(2)15(19)17(13)9-12-10-20-11-12/h12-13H,3-11H2,1-2H3. The van der Waals surface area contributed by atoms with Crippen molar-refractivity contribution in [2.24, 2.45) is 5.92 Å². The Morgan fingerprint density at radius 1 is 1.15 bits per heavy atom. The van der Waals surface area contributed by atoms with Crippen LogP contribution in [0.2, 0.25) is 0 Å². The average molecular weight is 282 g/mol. The Bertz CT molecular complexity index is 355. The fourth-order valence-electron chi connectivity index (χ4n) is 2.87. The van der Waals surface area contributed by atoms with E-state index in [4.69, 9.17) is 4.74 Å². The van der Waals surface area contributed by atoms with Gasteiger partial charge in [-0.25, -0.2) is 4.79 Å². The maximum Gasteiger partial charge on any atom is 0.327 e. The summed E-state index contributed by atoms with van der Waals surface area (Å²) in [7, 11) is 1.59. The zero-order valence-corrected chi connectivity index (χ0v) is 12.6. The molecule has 114 valence electrons. The second-order valence-corrected chi connectivity index (χ2v) is 5.95. The van der Waals surface area contributed by atoms with Crippen LogP contribution in [0.15, 0.2) is 0 Å². The van der Waals surface area contributed by atoms with E-state index in [1.165, 1.54) is 24.2 Å². The molecule has 2 saturated heterocycles. The summed E-state index contributed by atoms with van der Waals surface area (Å²) >= 11 is 0. The van der Waals surface area contributed by atoms with E-state index in [1.807, 2.05) is 0 Å². The monoisotopic (exact) mass is 282 g/mol. The topological polar surface area (TPSA) is 49.9 Å². The van der Waals surface area contributed by atoms with Gasteiger partial charge >= 0.3 is 6.03 Å². The molecule has 2 aliphatic rings. The van der Waals surface area contributed by atoms with Crippen molar-refractivity contribution in [2.45, 2.75) is 51.5 Å². The number of hydrogen-bond donors (Lipinski definition) is 0. The summed E-state index contributed by atoms with van der Waals surface area (Å²) in [5, 5.41) is 0. The normalized spacial score (nSPS) is 23.6. The van der Waals surface area contributed by atoms with Gasteiger partial charge in [0, 0.05) is 19.5 Å². The minimum Gasteiger partial charge on any atom is -0.381 e. The van der Waals surface area contributed by atoms with Crippen molar-refractivity contribution in [3.05, 3.63) is 0 Å². The molecule has 0 aromatic heterocycles. The van der Waals surface area contributed by atoms with Crippen molar-refractivity contribution in [1.82, 2.24) is 9.80 Å². The Morgan fingerprint density at radius 3 is 2.45 bits per heavy atom. The molecule has 5 heteroatoms. The molecule has 0 aromatic rings. The number of amides is 3. The number of carbonyl (C=O) groups excluding carboxylic acids is 2. The number of rotatable bonds is 8. The molecule has 20 heavy (non-hydrogen) atoms. The lowest BCUT2D eigenvalue weighted by atomic mass is 10.0. The van der Waals surface area contributed by atoms with E-state index in [9.17, 15) is 9.59 Å². The number of ether oxygens (including phenoxy) is 1. The van der Waals surface area contributed by atoms with E-state index in [0.29, 0.717) is 25.7 Å². The lowest BCUT2D eigenvalue weighted by molar-refractivity contribution is -0.128. The molecule has 0 N–H and O–H groups in total. The minimum atomic E-state index is -0.241. The SMILES string of the molecule is CCCCCCCC1C(=O)N(C)C(=O)N1CC1COC1. The number of urea groups is 1. The highest BCUT2D eigenvalue weighted by atomic mass is 16.5. The van der Waals surface area contributed by atoms with E-state index in [2.05, 4.69) is 6.92 Å². The van der Waals surface area contributed by atoms with Gasteiger partial charge in [0.1, 0.15) is 6.04 Å². The van der Waals surface area contributed by atoms with Crippen LogP contribution in [-0.4, -0.2) is 54.6 Å². The van der Waals surface area contributed by atoms with Crippen molar-refractivity contribution in [2.75, 3.05) is 26.8 Å². The lowest BCUT2D eigenvalue weighted by Crippen LogP contribution is -2.44. The quantitative estimate of drug-likeness (QED) is 0.507. The molecule has 1 unspecified atom stereocenters. The Hall–Kier alpha value is -1.10. The molecule has 0 aromatic carbocycles. The predicted molar refractivity (Wildman–Crippen MR) is 76.3 cm³/mol. The van der Waals surface area contributed by atoms with Gasteiger partial charge in [-0.3, -0.25) is 9.69 Å². The molecule has 0 saturated carbocycles. The highest BCUT2D eigenvalue weighted by Gasteiger charge is 2.43. The van der Waals surface area contributed by atoms with Crippen LogP contribution in [0.5, 0.6) is 0 Å². The third-order valence-corrected chi connectivity index (χ3v) is 4.27. The Morgan fingerprint density at radius 2 is 1.85 bits per heavy atom. The van der Waals surface area contributed by atoms with Gasteiger partial charge in [-0.05, 0) is 6.42 Å². The fraction of sp³-hybridized carbons (Fsp3) is 0.867. The Kier molecular flexibility index (Phi) is 5.40. The molecule has 0 aliphatic carbocycles. The molecule has 2 rings (SSSR count). The number of likely N-dealkylation sites (N-methyl/N-ethyl adjacent to an activating group) is 1. The first-order chi connectivity index (χ1) is 9.65. The van der Waals surface area contributed by atoms with Gasteiger partial charge in [0.15, 0.2) is 0 Å². The number of imide groups is 1. The zero-order valence-electron chi connectivity index (χ0n) is 12.6. The maximum atomic E-state index is 12.2. The van der Waals surface area contributed by atoms with Gasteiger partial charge < -0.3 is 9.64 Å². The molecule has 2 fully saturated rings. The van der Waals surface area contributed by atoms with E-state index >= 15 is 0 Å². The number of unbranched alkanes of at least 4 members (excludes halogenated alkanes) is 4. The summed E-state index contributed by atoms with van der Waals surface area (Å²) < 4.78 is 5.16. The molecule has 5 nitrogen and oxygen atoms in total. The van der Waals surface area contributed by atoms with Crippen LogP contribution >= 0.6 is 0 Å². The van der Waals surface area contributed by atoms with Crippen LogP contribution in [0.3, 0.4) is 0 Å². The van der Waals surface area contributed by atoms with Crippen LogP contribution in [0.4, 0.5) is 4.79 Å². The average Bonchev–Trinajstić information content (AvgIpc) is 2.59. The molecular weight excluding hydrogens is 256 g/mol. The molecule has 0 bridgehead atoms. The van der Waals surface area contributed by atoms with Crippen molar-refractivity contribution in [3.63, 3.8) is 0 Å². The largest absolute Gasteiger partial charge is 0.381 e. The van der Waals surface area contributed by atoms with E-state index in [0.717, 1.165) is 19.3 Å². The second kappa shape index (κ2) is 7.07. The molecule has 0 spiro atoms. The first-order valence-corrected chi connectivity index (χ1v) is 7.81. The highest BCUT2D eigenvalue weighted by Crippen LogP contribution is 2.24. The molecule has 2 aliphatic heterocycles. The Labute approximate surface area is 121 Å². The van der Waals surface area contributed by atoms with Crippen LogP contribution in [-0.2, 0) is 9.53 Å². The molecule has 1 atom stereocenters. The number of hydrogen-bond acceptors (Lipinski definition) is 3.